The number of primary amides is 1. The smallest absolute Gasteiger partial charge is 0.308 e. The molecular weight excluding hydrogens is 200 g/mol. The van der Waals surface area contributed by atoms with Gasteiger partial charge in [-0.05, 0) is 0 Å². The van der Waals surface area contributed by atoms with Crippen LogP contribution in [0, 0.1) is 17.8 Å². The number of hydrogen-bond acceptors (Lipinski definition) is 3. The van der Waals surface area contributed by atoms with Gasteiger partial charge in [0, 0.05) is 18.9 Å². The normalized spacial score (nSPS) is 16.2. The number of rotatable bonds is 5. The van der Waals surface area contributed by atoms with Gasteiger partial charge in [-0.15, -0.1) is 0 Å². The van der Waals surface area contributed by atoms with Crippen molar-refractivity contribution in [3.05, 3.63) is 0 Å². The Morgan fingerprint density at radius 2 is 1.67 bits per heavy atom. The first kappa shape index (κ1) is 13.4. The van der Waals surface area contributed by atoms with Crippen molar-refractivity contribution < 1.29 is 19.5 Å². The largest absolute Gasteiger partial charge is 0.481 e. The second-order valence-electron chi connectivity index (χ2n) is 3.46. The van der Waals surface area contributed by atoms with E-state index in [1.807, 2.05) is 0 Å². The van der Waals surface area contributed by atoms with Crippen LogP contribution in [-0.2, 0) is 14.4 Å². The topological polar surface area (TPSA) is 109 Å². The maximum Gasteiger partial charge on any atom is 0.308 e. The first-order valence-electron chi connectivity index (χ1n) is 4.56. The van der Waals surface area contributed by atoms with Crippen molar-refractivity contribution in [2.75, 3.05) is 7.05 Å². The number of aliphatic carboxylic acids is 1. The molecule has 0 aromatic heterocycles. The summed E-state index contributed by atoms with van der Waals surface area (Å²) in [5, 5.41) is 11.3. The van der Waals surface area contributed by atoms with Crippen molar-refractivity contribution in [1.29, 1.82) is 0 Å². The van der Waals surface area contributed by atoms with Crippen LogP contribution in [0.5, 0.6) is 0 Å². The van der Waals surface area contributed by atoms with Crippen LogP contribution in [0.3, 0.4) is 0 Å². The second kappa shape index (κ2) is 5.33. The maximum atomic E-state index is 11.3. The predicted octanol–water partition coefficient (Wildman–Crippen LogP) is -0.809. The Morgan fingerprint density at radius 1 is 1.20 bits per heavy atom. The zero-order chi connectivity index (χ0) is 12.2. The SMILES string of the molecule is CNC(=O)C(C)C(C(=O)O)C(C)C(N)=O. The van der Waals surface area contributed by atoms with Gasteiger partial charge in [0.15, 0.2) is 0 Å². The van der Waals surface area contributed by atoms with Crippen LogP contribution >= 0.6 is 0 Å². The predicted molar refractivity (Wildman–Crippen MR) is 52.7 cm³/mol. The molecule has 0 saturated heterocycles. The van der Waals surface area contributed by atoms with Crippen molar-refractivity contribution in [2.45, 2.75) is 13.8 Å². The number of amides is 2. The van der Waals surface area contributed by atoms with Crippen molar-refractivity contribution in [1.82, 2.24) is 5.32 Å². The van der Waals surface area contributed by atoms with Crippen molar-refractivity contribution in [2.24, 2.45) is 23.5 Å². The minimum Gasteiger partial charge on any atom is -0.481 e. The minimum absolute atomic E-state index is 0.421. The highest BCUT2D eigenvalue weighted by Crippen LogP contribution is 2.21. The van der Waals surface area contributed by atoms with E-state index >= 15 is 0 Å². The zero-order valence-electron chi connectivity index (χ0n) is 8.98. The van der Waals surface area contributed by atoms with Gasteiger partial charge >= 0.3 is 5.97 Å². The molecule has 3 unspecified atom stereocenters. The Kier molecular flexibility index (Phi) is 4.77. The Balaban J connectivity index is 4.89. The lowest BCUT2D eigenvalue weighted by atomic mass is 9.82. The van der Waals surface area contributed by atoms with Gasteiger partial charge in [0.25, 0.3) is 0 Å². The van der Waals surface area contributed by atoms with E-state index in [1.54, 1.807) is 0 Å². The van der Waals surface area contributed by atoms with Gasteiger partial charge in [0.2, 0.25) is 11.8 Å². The molecular formula is C9H16N2O4. The van der Waals surface area contributed by atoms with E-state index in [9.17, 15) is 14.4 Å². The molecule has 0 aromatic rings. The van der Waals surface area contributed by atoms with Gasteiger partial charge in [0.1, 0.15) is 0 Å². The molecule has 4 N–H and O–H groups in total. The number of carbonyl (C=O) groups is 3. The monoisotopic (exact) mass is 216 g/mol. The summed E-state index contributed by atoms with van der Waals surface area (Å²) >= 11 is 0. The molecule has 0 aromatic carbocycles. The summed E-state index contributed by atoms with van der Waals surface area (Å²) in [7, 11) is 1.41. The molecule has 0 spiro atoms. The third kappa shape index (κ3) is 3.23. The van der Waals surface area contributed by atoms with Gasteiger partial charge in [-0.3, -0.25) is 14.4 Å². The zero-order valence-corrected chi connectivity index (χ0v) is 8.98. The second-order valence-corrected chi connectivity index (χ2v) is 3.46. The molecule has 0 rings (SSSR count). The van der Waals surface area contributed by atoms with Gasteiger partial charge in [-0.2, -0.15) is 0 Å². The molecule has 6 heteroatoms. The highest BCUT2D eigenvalue weighted by Gasteiger charge is 2.36. The van der Waals surface area contributed by atoms with Gasteiger partial charge in [0.05, 0.1) is 5.92 Å². The lowest BCUT2D eigenvalue weighted by Gasteiger charge is -2.22. The average molecular weight is 216 g/mol. The van der Waals surface area contributed by atoms with E-state index in [-0.39, 0.29) is 0 Å². The van der Waals surface area contributed by atoms with E-state index in [0.29, 0.717) is 0 Å². The first-order chi connectivity index (χ1) is 6.82. The quantitative estimate of drug-likeness (QED) is 0.558. The van der Waals surface area contributed by atoms with Crippen LogP contribution in [0.15, 0.2) is 0 Å². The molecule has 0 radical (unpaired) electrons. The Hall–Kier alpha value is -1.59. The molecule has 0 saturated carbocycles. The number of nitrogens with one attached hydrogen (secondary N) is 1. The lowest BCUT2D eigenvalue weighted by molar-refractivity contribution is -0.151. The molecule has 6 nitrogen and oxygen atoms in total. The third-order valence-corrected chi connectivity index (χ3v) is 2.47. The molecule has 0 aliphatic rings. The Labute approximate surface area is 87.8 Å². The average Bonchev–Trinajstić information content (AvgIpc) is 2.15. The molecule has 0 aliphatic heterocycles. The highest BCUT2D eigenvalue weighted by molar-refractivity contribution is 5.88. The molecule has 0 fully saturated rings. The fourth-order valence-corrected chi connectivity index (χ4v) is 1.43. The number of hydrogen-bond donors (Lipinski definition) is 3. The molecule has 2 amide bonds. The van der Waals surface area contributed by atoms with Crippen LogP contribution in [0.4, 0.5) is 0 Å². The summed E-state index contributed by atoms with van der Waals surface area (Å²) in [5.74, 6) is -5.11. The Bertz CT molecular complexity index is 277. The van der Waals surface area contributed by atoms with Crippen LogP contribution < -0.4 is 11.1 Å². The number of nitrogens with two attached hydrogens (primary N) is 1. The van der Waals surface area contributed by atoms with E-state index in [2.05, 4.69) is 5.32 Å². The summed E-state index contributed by atoms with van der Waals surface area (Å²) in [4.78, 5) is 33.1. The standard InChI is InChI=1S/C9H16N2O4/c1-4(7(10)12)6(9(14)15)5(2)8(13)11-3/h4-6H,1-3H3,(H2,10,12)(H,11,13)(H,14,15). The minimum atomic E-state index is -1.20. The summed E-state index contributed by atoms with van der Waals surface area (Å²) in [6.45, 7) is 2.86. The van der Waals surface area contributed by atoms with Crippen LogP contribution in [0.25, 0.3) is 0 Å². The van der Waals surface area contributed by atoms with Gasteiger partial charge in [-0.1, -0.05) is 13.8 Å². The van der Waals surface area contributed by atoms with E-state index in [1.165, 1.54) is 20.9 Å². The van der Waals surface area contributed by atoms with E-state index < -0.39 is 35.5 Å². The molecule has 0 bridgehead atoms. The van der Waals surface area contributed by atoms with Crippen molar-refractivity contribution in [3.8, 4) is 0 Å². The molecule has 0 aliphatic carbocycles. The lowest BCUT2D eigenvalue weighted by Crippen LogP contribution is -2.41. The molecule has 86 valence electrons. The molecule has 15 heavy (non-hydrogen) atoms. The van der Waals surface area contributed by atoms with Crippen molar-refractivity contribution in [3.63, 3.8) is 0 Å². The Morgan fingerprint density at radius 3 is 1.93 bits per heavy atom. The summed E-state index contributed by atoms with van der Waals surface area (Å²) in [6.07, 6.45) is 0. The fraction of sp³-hybridized carbons (Fsp3) is 0.667. The first-order valence-corrected chi connectivity index (χ1v) is 4.56. The van der Waals surface area contributed by atoms with Crippen LogP contribution in [0.1, 0.15) is 13.8 Å². The van der Waals surface area contributed by atoms with E-state index in [4.69, 9.17) is 10.8 Å². The highest BCUT2D eigenvalue weighted by atomic mass is 16.4. The van der Waals surface area contributed by atoms with Gasteiger partial charge in [-0.25, -0.2) is 0 Å². The molecule has 0 heterocycles. The summed E-state index contributed by atoms with van der Waals surface area (Å²) in [6, 6.07) is 0. The number of carbonyl (C=O) groups excluding carboxylic acids is 2. The number of carboxylic acid groups (broad SMARTS) is 1. The summed E-state index contributed by atoms with van der Waals surface area (Å²) < 4.78 is 0. The maximum absolute atomic E-state index is 11.3. The fourth-order valence-electron chi connectivity index (χ4n) is 1.43. The van der Waals surface area contributed by atoms with Crippen LogP contribution in [0.2, 0.25) is 0 Å². The molecule has 3 atom stereocenters. The van der Waals surface area contributed by atoms with Gasteiger partial charge < -0.3 is 16.2 Å². The summed E-state index contributed by atoms with van der Waals surface area (Å²) in [5.41, 5.74) is 5.02. The van der Waals surface area contributed by atoms with Crippen LogP contribution in [-0.4, -0.2) is 29.9 Å². The van der Waals surface area contributed by atoms with Crippen molar-refractivity contribution >= 4 is 17.8 Å². The third-order valence-electron chi connectivity index (χ3n) is 2.47. The van der Waals surface area contributed by atoms with E-state index in [0.717, 1.165) is 0 Å². The number of carboxylic acids is 1.